The summed E-state index contributed by atoms with van der Waals surface area (Å²) in [5.74, 6) is 3.65. The number of nitriles is 1. The molecule has 1 N–H and O–H groups in total. The number of imidazole rings is 1. The van der Waals surface area contributed by atoms with E-state index >= 15 is 0 Å². The third kappa shape index (κ3) is 3.20. The van der Waals surface area contributed by atoms with Crippen molar-refractivity contribution in [2.75, 3.05) is 6.61 Å². The van der Waals surface area contributed by atoms with Gasteiger partial charge in [0.2, 0.25) is 0 Å². The molecule has 134 valence electrons. The average molecular weight is 363 g/mol. The lowest BCUT2D eigenvalue weighted by molar-refractivity contribution is 0.370. The molecule has 0 spiro atoms. The van der Waals surface area contributed by atoms with E-state index in [1.54, 1.807) is 6.08 Å². The van der Waals surface area contributed by atoms with E-state index in [4.69, 9.17) is 11.2 Å². The smallest absolute Gasteiger partial charge is 0.149 e. The first-order valence-corrected chi connectivity index (χ1v) is 8.86. The van der Waals surface area contributed by atoms with Crippen LogP contribution in [0.25, 0.3) is 33.5 Å². The third-order valence-corrected chi connectivity index (χ3v) is 4.54. The largest absolute Gasteiger partial charge is 0.480 e. The molecule has 0 bridgehead atoms. The summed E-state index contributed by atoms with van der Waals surface area (Å²) < 4.78 is 5.73. The van der Waals surface area contributed by atoms with Gasteiger partial charge in [0.05, 0.1) is 16.6 Å². The molecule has 4 rings (SSSR count). The summed E-state index contributed by atoms with van der Waals surface area (Å²) in [6.45, 7) is 2.18. The van der Waals surface area contributed by atoms with Gasteiger partial charge in [-0.25, -0.2) is 4.98 Å². The van der Waals surface area contributed by atoms with Gasteiger partial charge in [0.1, 0.15) is 24.3 Å². The number of allylic oxidation sites excluding steroid dienone is 1. The molecule has 4 heteroatoms. The van der Waals surface area contributed by atoms with Crippen LogP contribution in [0.15, 0.2) is 54.6 Å². The van der Waals surface area contributed by atoms with Crippen molar-refractivity contribution >= 4 is 33.5 Å². The van der Waals surface area contributed by atoms with Crippen molar-refractivity contribution in [1.82, 2.24) is 9.97 Å². The number of aromatic nitrogens is 2. The molecule has 0 aliphatic rings. The molecular weight excluding hydrogens is 346 g/mol. The second-order valence-electron chi connectivity index (χ2n) is 6.47. The highest BCUT2D eigenvalue weighted by molar-refractivity contribution is 6.00. The SMILES string of the molecule is C#CCOc1ccc2ccccc2c1/C=C(/C#N)c1nc2ccc(C)cc2[nH]1. The molecule has 0 fully saturated rings. The van der Waals surface area contributed by atoms with Gasteiger partial charge in [0, 0.05) is 5.56 Å². The van der Waals surface area contributed by atoms with E-state index in [0.29, 0.717) is 17.1 Å². The number of hydrogen-bond acceptors (Lipinski definition) is 3. The van der Waals surface area contributed by atoms with E-state index in [-0.39, 0.29) is 6.61 Å². The lowest BCUT2D eigenvalue weighted by Gasteiger charge is -2.10. The number of aryl methyl sites for hydroxylation is 1. The van der Waals surface area contributed by atoms with Crippen molar-refractivity contribution in [2.24, 2.45) is 0 Å². The van der Waals surface area contributed by atoms with Crippen molar-refractivity contribution in [3.63, 3.8) is 0 Å². The van der Waals surface area contributed by atoms with Crippen molar-refractivity contribution in [3.8, 4) is 24.2 Å². The molecule has 28 heavy (non-hydrogen) atoms. The standard InChI is InChI=1S/C24H17N3O/c1-3-12-28-23-11-9-17-6-4-5-7-19(17)20(23)14-18(15-25)24-26-21-10-8-16(2)13-22(21)27-24/h1,4-11,13-14H,12H2,2H3,(H,26,27)/b18-14-. The van der Waals surface area contributed by atoms with Gasteiger partial charge < -0.3 is 9.72 Å². The molecule has 0 amide bonds. The molecule has 4 aromatic rings. The highest BCUT2D eigenvalue weighted by Gasteiger charge is 2.12. The van der Waals surface area contributed by atoms with E-state index in [2.05, 4.69) is 22.0 Å². The predicted octanol–water partition coefficient (Wildman–Crippen LogP) is 5.10. The van der Waals surface area contributed by atoms with Crippen LogP contribution in [0.1, 0.15) is 17.0 Å². The van der Waals surface area contributed by atoms with Gasteiger partial charge in [-0.3, -0.25) is 0 Å². The number of rotatable bonds is 4. The van der Waals surface area contributed by atoms with Crippen LogP contribution in [0.5, 0.6) is 5.75 Å². The maximum absolute atomic E-state index is 9.81. The van der Waals surface area contributed by atoms with Gasteiger partial charge in [0.15, 0.2) is 0 Å². The van der Waals surface area contributed by atoms with Crippen molar-refractivity contribution in [1.29, 1.82) is 5.26 Å². The highest BCUT2D eigenvalue weighted by atomic mass is 16.5. The number of fused-ring (bicyclic) bond motifs is 2. The molecule has 1 heterocycles. The monoisotopic (exact) mass is 363 g/mol. The van der Waals surface area contributed by atoms with Gasteiger partial charge in [-0.2, -0.15) is 5.26 Å². The van der Waals surface area contributed by atoms with Crippen molar-refractivity contribution < 1.29 is 4.74 Å². The molecule has 4 nitrogen and oxygen atoms in total. The Morgan fingerprint density at radius 3 is 2.89 bits per heavy atom. The van der Waals surface area contributed by atoms with Gasteiger partial charge in [0.25, 0.3) is 0 Å². The van der Waals surface area contributed by atoms with E-state index in [0.717, 1.165) is 32.9 Å². The van der Waals surface area contributed by atoms with E-state index in [9.17, 15) is 5.26 Å². The summed E-state index contributed by atoms with van der Waals surface area (Å²) in [5, 5.41) is 11.8. The minimum Gasteiger partial charge on any atom is -0.480 e. The quantitative estimate of drug-likeness (QED) is 0.405. The first-order valence-electron chi connectivity index (χ1n) is 8.86. The van der Waals surface area contributed by atoms with Crippen LogP contribution < -0.4 is 4.74 Å². The van der Waals surface area contributed by atoms with Crippen LogP contribution in [0.3, 0.4) is 0 Å². The minimum atomic E-state index is 0.158. The summed E-state index contributed by atoms with van der Waals surface area (Å²) in [5.41, 5.74) is 4.09. The van der Waals surface area contributed by atoms with Crippen molar-refractivity contribution in [2.45, 2.75) is 6.92 Å². The van der Waals surface area contributed by atoms with Crippen LogP contribution in [0.2, 0.25) is 0 Å². The summed E-state index contributed by atoms with van der Waals surface area (Å²) in [6, 6.07) is 20.0. The lowest BCUT2D eigenvalue weighted by atomic mass is 10.0. The molecule has 1 aromatic heterocycles. The number of benzene rings is 3. The van der Waals surface area contributed by atoms with E-state index < -0.39 is 0 Å². The van der Waals surface area contributed by atoms with Crippen LogP contribution >= 0.6 is 0 Å². The zero-order chi connectivity index (χ0) is 19.5. The Labute approximate surface area is 163 Å². The van der Waals surface area contributed by atoms with E-state index in [1.807, 2.05) is 61.5 Å². The van der Waals surface area contributed by atoms with Crippen molar-refractivity contribution in [3.05, 3.63) is 71.5 Å². The molecule has 0 radical (unpaired) electrons. The third-order valence-electron chi connectivity index (χ3n) is 4.54. The lowest BCUT2D eigenvalue weighted by Crippen LogP contribution is -1.97. The number of terminal acetylenes is 1. The molecular formula is C24H17N3O. The fourth-order valence-electron chi connectivity index (χ4n) is 3.22. The van der Waals surface area contributed by atoms with Gasteiger partial charge >= 0.3 is 0 Å². The fraction of sp³-hybridized carbons (Fsp3) is 0.0833. The summed E-state index contributed by atoms with van der Waals surface area (Å²) in [7, 11) is 0. The number of nitrogens with zero attached hydrogens (tertiary/aromatic N) is 2. The molecule has 0 saturated carbocycles. The summed E-state index contributed by atoms with van der Waals surface area (Å²) in [6.07, 6.45) is 7.16. The number of nitrogens with one attached hydrogen (secondary N) is 1. The Bertz CT molecular complexity index is 1300. The van der Waals surface area contributed by atoms with Gasteiger partial charge in [-0.05, 0) is 47.5 Å². The number of H-pyrrole nitrogens is 1. The molecule has 0 saturated heterocycles. The zero-order valence-corrected chi connectivity index (χ0v) is 15.4. The zero-order valence-electron chi connectivity index (χ0n) is 15.4. The van der Waals surface area contributed by atoms with Crippen LogP contribution in [0, 0.1) is 30.6 Å². The summed E-state index contributed by atoms with van der Waals surface area (Å²) >= 11 is 0. The Kier molecular flexibility index (Phi) is 4.54. The topological polar surface area (TPSA) is 61.7 Å². The number of ether oxygens (including phenoxy) is 1. The first-order chi connectivity index (χ1) is 13.7. The highest BCUT2D eigenvalue weighted by Crippen LogP contribution is 2.32. The predicted molar refractivity (Wildman–Crippen MR) is 113 cm³/mol. The molecule has 0 atom stereocenters. The fourth-order valence-corrected chi connectivity index (χ4v) is 3.22. The molecule has 3 aromatic carbocycles. The second kappa shape index (κ2) is 7.31. The Morgan fingerprint density at radius 1 is 1.21 bits per heavy atom. The molecule has 0 unspecified atom stereocenters. The number of aromatic amines is 1. The van der Waals surface area contributed by atoms with E-state index in [1.165, 1.54) is 0 Å². The Hall–Kier alpha value is -4.02. The summed E-state index contributed by atoms with van der Waals surface area (Å²) in [4.78, 5) is 7.82. The normalized spacial score (nSPS) is 11.3. The minimum absolute atomic E-state index is 0.158. The maximum Gasteiger partial charge on any atom is 0.149 e. The maximum atomic E-state index is 9.81. The van der Waals surface area contributed by atoms with Crippen LogP contribution in [0.4, 0.5) is 0 Å². The molecule has 0 aliphatic carbocycles. The molecule has 0 aliphatic heterocycles. The Morgan fingerprint density at radius 2 is 2.07 bits per heavy atom. The van der Waals surface area contributed by atoms with Gasteiger partial charge in [-0.15, -0.1) is 6.42 Å². The second-order valence-corrected chi connectivity index (χ2v) is 6.47. The van der Waals surface area contributed by atoms with Crippen LogP contribution in [-0.4, -0.2) is 16.6 Å². The average Bonchev–Trinajstić information content (AvgIpc) is 3.13. The van der Waals surface area contributed by atoms with Gasteiger partial charge in [-0.1, -0.05) is 42.3 Å². The van der Waals surface area contributed by atoms with Crippen LogP contribution in [-0.2, 0) is 0 Å². The number of hydrogen-bond donors (Lipinski definition) is 1. The Balaban J connectivity index is 1.90. The first kappa shape index (κ1) is 17.4.